The highest BCUT2D eigenvalue weighted by Crippen LogP contribution is 2.33. The minimum Gasteiger partial charge on any atom is -0.490 e. The van der Waals surface area contributed by atoms with Crippen LogP contribution in [0.4, 0.5) is 13.2 Å². The third-order valence-electron chi connectivity index (χ3n) is 3.90. The predicted octanol–water partition coefficient (Wildman–Crippen LogP) is 3.97. The van der Waals surface area contributed by atoms with Crippen LogP contribution in [0.3, 0.4) is 0 Å². The average molecular weight is 523 g/mol. The summed E-state index contributed by atoms with van der Waals surface area (Å²) in [5, 5.41) is 3.00. The number of halogens is 4. The summed E-state index contributed by atoms with van der Waals surface area (Å²) < 4.78 is 51.7. The van der Waals surface area contributed by atoms with Crippen LogP contribution in [0.25, 0.3) is 0 Å². The zero-order valence-corrected chi connectivity index (χ0v) is 17.7. The van der Waals surface area contributed by atoms with Crippen LogP contribution in [0, 0.1) is 0 Å². The Bertz CT molecular complexity index is 830. The van der Waals surface area contributed by atoms with Gasteiger partial charge in [0.2, 0.25) is 0 Å². The minimum absolute atomic E-state index is 0. The molecule has 0 radical (unpaired) electrons. The lowest BCUT2D eigenvalue weighted by molar-refractivity contribution is -0.274. The van der Waals surface area contributed by atoms with Gasteiger partial charge in [0.25, 0.3) is 0 Å². The molecule has 0 saturated heterocycles. The summed E-state index contributed by atoms with van der Waals surface area (Å²) in [5.74, 6) is 1.33. The molecule has 29 heavy (non-hydrogen) atoms. The van der Waals surface area contributed by atoms with E-state index in [4.69, 9.17) is 15.2 Å². The van der Waals surface area contributed by atoms with Crippen LogP contribution in [0.5, 0.6) is 17.2 Å². The predicted molar refractivity (Wildman–Crippen MR) is 113 cm³/mol. The van der Waals surface area contributed by atoms with Crippen LogP contribution in [0.2, 0.25) is 0 Å². The van der Waals surface area contributed by atoms with Gasteiger partial charge in [0.1, 0.15) is 5.75 Å². The first-order valence-corrected chi connectivity index (χ1v) is 8.67. The number of aliphatic imine (C=N–C) groups is 1. The Hall–Kier alpha value is -2.37. The zero-order valence-electron chi connectivity index (χ0n) is 15.4. The van der Waals surface area contributed by atoms with E-state index in [1.807, 2.05) is 18.2 Å². The number of rotatable bonds is 5. The van der Waals surface area contributed by atoms with E-state index in [-0.39, 0.29) is 42.2 Å². The van der Waals surface area contributed by atoms with Crippen molar-refractivity contribution in [2.24, 2.45) is 10.7 Å². The standard InChI is InChI=1S/C19H20F3N3O3.HI/c20-19(21,22)28-15-7-5-13(6-8-15)11-24-18(23)25-12-14-3-1-4-16-17(14)27-10-2-9-26-16;/h1,3-8H,2,9-12H2,(H3,23,24,25);1H. The number of nitrogens with one attached hydrogen (secondary N) is 1. The van der Waals surface area contributed by atoms with Gasteiger partial charge in [-0.25, -0.2) is 4.99 Å². The second kappa shape index (κ2) is 10.4. The smallest absolute Gasteiger partial charge is 0.490 e. The van der Waals surface area contributed by atoms with Gasteiger partial charge >= 0.3 is 6.36 Å². The second-order valence-corrected chi connectivity index (χ2v) is 6.04. The van der Waals surface area contributed by atoms with E-state index in [2.05, 4.69) is 15.0 Å². The van der Waals surface area contributed by atoms with Gasteiger partial charge < -0.3 is 25.3 Å². The number of guanidine groups is 1. The number of nitrogens with two attached hydrogens (primary N) is 1. The molecule has 0 aliphatic carbocycles. The lowest BCUT2D eigenvalue weighted by Crippen LogP contribution is -2.31. The van der Waals surface area contributed by atoms with E-state index in [1.165, 1.54) is 24.3 Å². The highest BCUT2D eigenvalue weighted by Gasteiger charge is 2.30. The highest BCUT2D eigenvalue weighted by molar-refractivity contribution is 14.0. The van der Waals surface area contributed by atoms with Crippen molar-refractivity contribution in [3.63, 3.8) is 0 Å². The first kappa shape index (κ1) is 22.9. The number of ether oxygens (including phenoxy) is 3. The average Bonchev–Trinajstić information content (AvgIpc) is 2.90. The molecule has 2 aromatic carbocycles. The van der Waals surface area contributed by atoms with Crippen molar-refractivity contribution < 1.29 is 27.4 Å². The summed E-state index contributed by atoms with van der Waals surface area (Å²) in [7, 11) is 0. The number of hydrogen-bond donors (Lipinski definition) is 2. The van der Waals surface area contributed by atoms with Crippen molar-refractivity contribution in [2.75, 3.05) is 13.2 Å². The molecule has 6 nitrogen and oxygen atoms in total. The van der Waals surface area contributed by atoms with Crippen molar-refractivity contribution in [3.05, 3.63) is 53.6 Å². The molecule has 0 fully saturated rings. The second-order valence-electron chi connectivity index (χ2n) is 6.04. The van der Waals surface area contributed by atoms with Crippen LogP contribution < -0.4 is 25.3 Å². The minimum atomic E-state index is -4.71. The monoisotopic (exact) mass is 523 g/mol. The summed E-state index contributed by atoms with van der Waals surface area (Å²) in [6.45, 7) is 1.82. The molecule has 2 aromatic rings. The molecule has 3 rings (SSSR count). The number of alkyl halides is 3. The topological polar surface area (TPSA) is 78.1 Å². The lowest BCUT2D eigenvalue weighted by Gasteiger charge is -2.13. The van der Waals surface area contributed by atoms with Crippen molar-refractivity contribution in [1.29, 1.82) is 0 Å². The Morgan fingerprint density at radius 1 is 1.10 bits per heavy atom. The summed E-state index contributed by atoms with van der Waals surface area (Å²) in [6, 6.07) is 11.1. The molecule has 0 aromatic heterocycles. The first-order chi connectivity index (χ1) is 13.4. The molecule has 0 spiro atoms. The van der Waals surface area contributed by atoms with Gasteiger partial charge in [-0.1, -0.05) is 24.3 Å². The molecular weight excluding hydrogens is 502 g/mol. The molecule has 3 N–H and O–H groups in total. The maximum atomic E-state index is 12.2. The molecule has 0 unspecified atom stereocenters. The Balaban J connectivity index is 0.00000300. The fourth-order valence-corrected chi connectivity index (χ4v) is 2.61. The highest BCUT2D eigenvalue weighted by atomic mass is 127. The molecule has 0 amide bonds. The Morgan fingerprint density at radius 2 is 1.83 bits per heavy atom. The maximum absolute atomic E-state index is 12.2. The van der Waals surface area contributed by atoms with E-state index in [0.717, 1.165) is 12.0 Å². The van der Waals surface area contributed by atoms with Crippen molar-refractivity contribution in [3.8, 4) is 17.2 Å². The van der Waals surface area contributed by atoms with Gasteiger partial charge in [0.15, 0.2) is 17.5 Å². The van der Waals surface area contributed by atoms with Crippen molar-refractivity contribution in [2.45, 2.75) is 25.9 Å². The Morgan fingerprint density at radius 3 is 2.55 bits per heavy atom. The molecule has 1 aliphatic heterocycles. The van der Waals surface area contributed by atoms with Crippen LogP contribution in [-0.2, 0) is 13.1 Å². The van der Waals surface area contributed by atoms with Gasteiger partial charge in [-0.15, -0.1) is 37.1 Å². The van der Waals surface area contributed by atoms with E-state index in [9.17, 15) is 13.2 Å². The first-order valence-electron chi connectivity index (χ1n) is 8.67. The van der Waals surface area contributed by atoms with Gasteiger partial charge in [-0.3, -0.25) is 0 Å². The van der Waals surface area contributed by atoms with Gasteiger partial charge in [-0.05, 0) is 23.8 Å². The number of nitrogens with zero attached hydrogens (tertiary/aromatic N) is 1. The molecule has 0 saturated carbocycles. The quantitative estimate of drug-likeness (QED) is 0.353. The fourth-order valence-electron chi connectivity index (χ4n) is 2.61. The van der Waals surface area contributed by atoms with Crippen LogP contribution in [0.1, 0.15) is 17.5 Å². The summed E-state index contributed by atoms with van der Waals surface area (Å²) in [4.78, 5) is 4.19. The van der Waals surface area contributed by atoms with E-state index in [1.54, 1.807) is 0 Å². The summed E-state index contributed by atoms with van der Waals surface area (Å²) in [5.41, 5.74) is 7.48. The third-order valence-corrected chi connectivity index (χ3v) is 3.90. The Labute approximate surface area is 183 Å². The van der Waals surface area contributed by atoms with Crippen LogP contribution in [0.15, 0.2) is 47.5 Å². The number of fused-ring (bicyclic) bond motifs is 1. The summed E-state index contributed by atoms with van der Waals surface area (Å²) >= 11 is 0. The van der Waals surface area contributed by atoms with Gasteiger partial charge in [-0.2, -0.15) is 0 Å². The maximum Gasteiger partial charge on any atom is 0.573 e. The molecule has 10 heteroatoms. The SMILES string of the molecule is I.NC(=NCc1ccc(OC(F)(F)F)cc1)NCc1cccc2c1OCCCO2. The van der Waals surface area contributed by atoms with Crippen molar-refractivity contribution >= 4 is 29.9 Å². The van der Waals surface area contributed by atoms with E-state index in [0.29, 0.717) is 36.8 Å². The normalized spacial score (nSPS) is 13.8. The molecule has 0 bridgehead atoms. The molecular formula is C19H21F3IN3O3. The Kier molecular flexibility index (Phi) is 8.23. The van der Waals surface area contributed by atoms with E-state index < -0.39 is 6.36 Å². The van der Waals surface area contributed by atoms with Crippen LogP contribution in [-0.4, -0.2) is 25.5 Å². The number of para-hydroxylation sites is 1. The van der Waals surface area contributed by atoms with Crippen molar-refractivity contribution in [1.82, 2.24) is 5.32 Å². The molecule has 1 heterocycles. The molecule has 1 aliphatic rings. The third kappa shape index (κ3) is 7.18. The molecule has 0 atom stereocenters. The lowest BCUT2D eigenvalue weighted by atomic mass is 10.2. The zero-order chi connectivity index (χ0) is 20.0. The fraction of sp³-hybridized carbons (Fsp3) is 0.316. The van der Waals surface area contributed by atoms with Gasteiger partial charge in [0.05, 0.1) is 19.8 Å². The number of hydrogen-bond acceptors (Lipinski definition) is 4. The summed E-state index contributed by atoms with van der Waals surface area (Å²) in [6.07, 6.45) is -3.89. The van der Waals surface area contributed by atoms with Crippen LogP contribution >= 0.6 is 24.0 Å². The largest absolute Gasteiger partial charge is 0.573 e. The molecule has 158 valence electrons. The van der Waals surface area contributed by atoms with Gasteiger partial charge in [0, 0.05) is 18.5 Å². The number of benzene rings is 2. The van der Waals surface area contributed by atoms with E-state index >= 15 is 0 Å².